The number of halogens is 1. The highest BCUT2D eigenvalue weighted by molar-refractivity contribution is 6.34. The van der Waals surface area contributed by atoms with Crippen molar-refractivity contribution < 1.29 is 9.59 Å². The van der Waals surface area contributed by atoms with Crippen LogP contribution in [0.4, 0.5) is 40.2 Å². The number of carbonyl (C=O) groups excluding carboxylic acids is 2. The molecule has 1 aliphatic rings. The number of amides is 2. The van der Waals surface area contributed by atoms with Crippen LogP contribution in [0.1, 0.15) is 15.9 Å². The van der Waals surface area contributed by atoms with Gasteiger partial charge in [-0.05, 0) is 68.1 Å². The number of para-hydroxylation sites is 3. The number of anilines is 7. The Morgan fingerprint density at radius 1 is 0.907 bits per heavy atom. The lowest BCUT2D eigenvalue weighted by Crippen LogP contribution is -2.44. The highest BCUT2D eigenvalue weighted by Gasteiger charge is 2.19. The van der Waals surface area contributed by atoms with E-state index in [0.717, 1.165) is 43.1 Å². The minimum Gasteiger partial charge on any atom is -0.369 e. The first-order valence-corrected chi connectivity index (χ1v) is 14.2. The first kappa shape index (κ1) is 29.6. The number of hydrogen-bond donors (Lipinski definition) is 4. The van der Waals surface area contributed by atoms with E-state index in [2.05, 4.69) is 66.8 Å². The van der Waals surface area contributed by atoms with E-state index in [4.69, 9.17) is 11.6 Å². The average molecular weight is 597 g/mol. The van der Waals surface area contributed by atoms with Crippen LogP contribution in [-0.4, -0.2) is 59.9 Å². The van der Waals surface area contributed by atoms with Crippen LogP contribution in [0, 0.1) is 6.92 Å². The van der Waals surface area contributed by atoms with Gasteiger partial charge in [-0.25, -0.2) is 4.98 Å². The summed E-state index contributed by atoms with van der Waals surface area (Å²) in [7, 11) is 2.14. The summed E-state index contributed by atoms with van der Waals surface area (Å²) in [6.07, 6.45) is 2.63. The van der Waals surface area contributed by atoms with Crippen molar-refractivity contribution >= 4 is 63.6 Å². The van der Waals surface area contributed by atoms with Gasteiger partial charge in [0.15, 0.2) is 0 Å². The maximum atomic E-state index is 13.5. The molecular weight excluding hydrogens is 564 g/mol. The Hall–Kier alpha value is -4.93. The zero-order valence-electron chi connectivity index (χ0n) is 24.0. The average Bonchev–Trinajstić information content (AvgIpc) is 3.01. The van der Waals surface area contributed by atoms with Gasteiger partial charge in [0.2, 0.25) is 11.9 Å². The van der Waals surface area contributed by atoms with Gasteiger partial charge in [-0.1, -0.05) is 42.4 Å². The van der Waals surface area contributed by atoms with Crippen molar-refractivity contribution in [3.05, 3.63) is 102 Å². The van der Waals surface area contributed by atoms with Crippen LogP contribution in [0.15, 0.2) is 85.6 Å². The van der Waals surface area contributed by atoms with Gasteiger partial charge in [-0.15, -0.1) is 0 Å². The van der Waals surface area contributed by atoms with E-state index in [0.29, 0.717) is 22.1 Å². The number of piperazine rings is 1. The molecule has 4 N–H and O–H groups in total. The fraction of sp³-hybridized carbons (Fsp3) is 0.188. The highest BCUT2D eigenvalue weighted by Crippen LogP contribution is 2.30. The molecule has 0 bridgehead atoms. The molecule has 2 amide bonds. The standard InChI is InChI=1S/C32H33ClN8O2/c1-4-28(42)36-26-10-5-6-11-27(26)37-30-24(31(43)38-29-21(2)8-7-9-25(29)33)20-34-32(39-30)35-22-12-14-23(15-13-22)41-18-16-40(3)17-19-41/h4-15,20H,1,16-19H2,2-3H3,(H,36,42)(H,38,43)(H2,34,35,37,39). The van der Waals surface area contributed by atoms with Crippen molar-refractivity contribution in [3.63, 3.8) is 0 Å². The van der Waals surface area contributed by atoms with E-state index >= 15 is 0 Å². The monoisotopic (exact) mass is 596 g/mol. The Bertz CT molecular complexity index is 1610. The Balaban J connectivity index is 1.43. The molecule has 0 atom stereocenters. The Labute approximate surface area is 255 Å². The first-order valence-electron chi connectivity index (χ1n) is 13.8. The number of aryl methyl sites for hydroxylation is 1. The third kappa shape index (κ3) is 7.29. The summed E-state index contributed by atoms with van der Waals surface area (Å²) in [5.41, 5.74) is 4.47. The van der Waals surface area contributed by atoms with Gasteiger partial charge in [0, 0.05) is 43.8 Å². The number of nitrogens with one attached hydrogen (secondary N) is 4. The van der Waals surface area contributed by atoms with Gasteiger partial charge in [0.1, 0.15) is 11.4 Å². The lowest BCUT2D eigenvalue weighted by atomic mass is 10.2. The normalized spacial score (nSPS) is 13.2. The smallest absolute Gasteiger partial charge is 0.261 e. The molecule has 43 heavy (non-hydrogen) atoms. The molecule has 220 valence electrons. The van der Waals surface area contributed by atoms with Gasteiger partial charge < -0.3 is 31.1 Å². The van der Waals surface area contributed by atoms with E-state index in [1.165, 1.54) is 12.3 Å². The molecule has 3 aromatic carbocycles. The van der Waals surface area contributed by atoms with Gasteiger partial charge in [-0.2, -0.15) is 4.98 Å². The number of aromatic nitrogens is 2. The van der Waals surface area contributed by atoms with Gasteiger partial charge >= 0.3 is 0 Å². The molecule has 5 rings (SSSR count). The quantitative estimate of drug-likeness (QED) is 0.173. The molecule has 1 aromatic heterocycles. The van der Waals surface area contributed by atoms with Crippen molar-refractivity contribution in [1.29, 1.82) is 0 Å². The minimum atomic E-state index is -0.450. The number of hydrogen-bond acceptors (Lipinski definition) is 8. The fourth-order valence-electron chi connectivity index (χ4n) is 4.64. The molecule has 1 aliphatic heterocycles. The third-order valence-electron chi connectivity index (χ3n) is 7.11. The number of carbonyl (C=O) groups is 2. The van der Waals surface area contributed by atoms with Crippen molar-refractivity contribution in [2.45, 2.75) is 6.92 Å². The predicted molar refractivity (Wildman–Crippen MR) is 174 cm³/mol. The molecule has 10 nitrogen and oxygen atoms in total. The molecule has 4 aromatic rings. The van der Waals surface area contributed by atoms with Crippen LogP contribution in [0.5, 0.6) is 0 Å². The Morgan fingerprint density at radius 3 is 2.33 bits per heavy atom. The van der Waals surface area contributed by atoms with Crippen molar-refractivity contribution in [2.75, 3.05) is 59.4 Å². The third-order valence-corrected chi connectivity index (χ3v) is 7.42. The summed E-state index contributed by atoms with van der Waals surface area (Å²) < 4.78 is 0. The van der Waals surface area contributed by atoms with E-state index in [1.54, 1.807) is 30.3 Å². The largest absolute Gasteiger partial charge is 0.369 e. The summed E-state index contributed by atoms with van der Waals surface area (Å²) in [4.78, 5) is 39.3. The topological polar surface area (TPSA) is 115 Å². The summed E-state index contributed by atoms with van der Waals surface area (Å²) >= 11 is 6.37. The summed E-state index contributed by atoms with van der Waals surface area (Å²) in [5.74, 6) is -0.303. The molecule has 1 fully saturated rings. The maximum absolute atomic E-state index is 13.5. The molecule has 0 spiro atoms. The van der Waals surface area contributed by atoms with Crippen LogP contribution >= 0.6 is 11.6 Å². The van der Waals surface area contributed by atoms with Crippen LogP contribution < -0.4 is 26.2 Å². The van der Waals surface area contributed by atoms with Crippen LogP contribution in [0.2, 0.25) is 5.02 Å². The molecule has 2 heterocycles. The second-order valence-corrected chi connectivity index (χ2v) is 10.6. The lowest BCUT2D eigenvalue weighted by molar-refractivity contribution is -0.111. The van der Waals surface area contributed by atoms with Crippen LogP contribution in [0.25, 0.3) is 0 Å². The molecule has 0 aliphatic carbocycles. The number of nitrogens with zero attached hydrogens (tertiary/aromatic N) is 4. The van der Waals surface area contributed by atoms with Gasteiger partial charge in [0.25, 0.3) is 5.91 Å². The number of likely N-dealkylation sites (N-methyl/N-ethyl adjacent to an activating group) is 1. The van der Waals surface area contributed by atoms with Gasteiger partial charge in [-0.3, -0.25) is 9.59 Å². The molecular formula is C32H33ClN8O2. The zero-order chi connectivity index (χ0) is 30.3. The molecule has 1 saturated heterocycles. The summed E-state index contributed by atoms with van der Waals surface area (Å²) in [6, 6.07) is 20.6. The van der Waals surface area contributed by atoms with Gasteiger partial charge in [0.05, 0.1) is 22.1 Å². The van der Waals surface area contributed by atoms with Crippen molar-refractivity contribution in [2.24, 2.45) is 0 Å². The van der Waals surface area contributed by atoms with E-state index in [1.807, 2.05) is 31.2 Å². The molecule has 11 heteroatoms. The van der Waals surface area contributed by atoms with Crippen LogP contribution in [-0.2, 0) is 4.79 Å². The fourth-order valence-corrected chi connectivity index (χ4v) is 4.91. The van der Waals surface area contributed by atoms with E-state index in [9.17, 15) is 9.59 Å². The molecule has 0 radical (unpaired) electrons. The van der Waals surface area contributed by atoms with Crippen molar-refractivity contribution in [1.82, 2.24) is 14.9 Å². The van der Waals surface area contributed by atoms with Crippen molar-refractivity contribution in [3.8, 4) is 0 Å². The Kier molecular flexibility index (Phi) is 9.19. The maximum Gasteiger partial charge on any atom is 0.261 e. The Morgan fingerprint density at radius 2 is 1.63 bits per heavy atom. The minimum absolute atomic E-state index is 0.181. The second kappa shape index (κ2) is 13.4. The summed E-state index contributed by atoms with van der Waals surface area (Å²) in [5, 5.41) is 12.5. The summed E-state index contributed by atoms with van der Waals surface area (Å²) in [6.45, 7) is 9.39. The van der Waals surface area contributed by atoms with E-state index < -0.39 is 5.91 Å². The predicted octanol–water partition coefficient (Wildman–Crippen LogP) is 6.05. The lowest BCUT2D eigenvalue weighted by Gasteiger charge is -2.34. The molecule has 0 saturated carbocycles. The number of rotatable bonds is 9. The number of benzene rings is 3. The highest BCUT2D eigenvalue weighted by atomic mass is 35.5. The van der Waals surface area contributed by atoms with Crippen LogP contribution in [0.3, 0.4) is 0 Å². The first-order chi connectivity index (χ1) is 20.8. The van der Waals surface area contributed by atoms with E-state index in [-0.39, 0.29) is 23.2 Å². The SMILES string of the molecule is C=CC(=O)Nc1ccccc1Nc1nc(Nc2ccc(N3CCN(C)CC3)cc2)ncc1C(=O)Nc1c(C)cccc1Cl. The second-order valence-electron chi connectivity index (χ2n) is 10.2. The zero-order valence-corrected chi connectivity index (χ0v) is 24.8. The molecule has 0 unspecified atom stereocenters.